The second-order valence-electron chi connectivity index (χ2n) is 4.23. The second-order valence-corrected chi connectivity index (χ2v) is 4.23. The number of benzene rings is 1. The Kier molecular flexibility index (Phi) is 3.88. The highest BCUT2D eigenvalue weighted by atomic mass is 19.1. The van der Waals surface area contributed by atoms with Gasteiger partial charge in [0.1, 0.15) is 22.8 Å². The van der Waals surface area contributed by atoms with Gasteiger partial charge in [-0.25, -0.2) is 4.79 Å². The summed E-state index contributed by atoms with van der Waals surface area (Å²) in [5.74, 6) is -1.57. The molecular weight excluding hydrogens is 283 g/mol. The van der Waals surface area contributed by atoms with Gasteiger partial charge in [0, 0.05) is 0 Å². The summed E-state index contributed by atoms with van der Waals surface area (Å²) < 4.78 is 18.6. The number of para-hydroxylation sites is 1. The summed E-state index contributed by atoms with van der Waals surface area (Å²) in [4.78, 5) is 20.9. The van der Waals surface area contributed by atoms with Gasteiger partial charge >= 0.3 is 11.7 Å². The topological polar surface area (TPSA) is 106 Å². The Morgan fingerprint density at radius 2 is 2.24 bits per heavy atom. The van der Waals surface area contributed by atoms with Crippen molar-refractivity contribution in [2.45, 2.75) is 13.5 Å². The lowest BCUT2D eigenvalue weighted by molar-refractivity contribution is -0.386. The summed E-state index contributed by atoms with van der Waals surface area (Å²) in [6, 6.07) is 4.99. The van der Waals surface area contributed by atoms with Crippen molar-refractivity contribution in [1.29, 1.82) is 0 Å². The number of furan rings is 1. The number of carboxylic acids is 1. The summed E-state index contributed by atoms with van der Waals surface area (Å²) >= 11 is 0. The number of nitro benzene ring substituents is 1. The Balaban J connectivity index is 2.21. The molecule has 2 N–H and O–H groups in total. The molecule has 0 fully saturated rings. The summed E-state index contributed by atoms with van der Waals surface area (Å²) in [6.45, 7) is 1.50. The second kappa shape index (κ2) is 5.61. The van der Waals surface area contributed by atoms with Crippen LogP contribution in [0.15, 0.2) is 28.7 Å². The van der Waals surface area contributed by atoms with Crippen LogP contribution >= 0.6 is 0 Å². The molecule has 2 aromatic rings. The molecule has 110 valence electrons. The van der Waals surface area contributed by atoms with Gasteiger partial charge in [-0.15, -0.1) is 0 Å². The van der Waals surface area contributed by atoms with Gasteiger partial charge in [-0.05, 0) is 25.1 Å². The number of aryl methyl sites for hydroxylation is 1. The molecule has 2 rings (SSSR count). The average molecular weight is 294 g/mol. The van der Waals surface area contributed by atoms with Gasteiger partial charge in [-0.3, -0.25) is 10.1 Å². The molecule has 0 saturated carbocycles. The zero-order valence-electron chi connectivity index (χ0n) is 10.9. The summed E-state index contributed by atoms with van der Waals surface area (Å²) in [5.41, 5.74) is -0.661. The number of halogens is 1. The van der Waals surface area contributed by atoms with Gasteiger partial charge in [-0.2, -0.15) is 4.39 Å². The van der Waals surface area contributed by atoms with E-state index in [-0.39, 0.29) is 29.3 Å². The number of nitro groups is 1. The monoisotopic (exact) mass is 294 g/mol. The lowest BCUT2D eigenvalue weighted by atomic mass is 10.2. The van der Waals surface area contributed by atoms with E-state index >= 15 is 0 Å². The molecule has 1 aromatic heterocycles. The number of hydrogen-bond acceptors (Lipinski definition) is 5. The Hall–Kier alpha value is -2.90. The smallest absolute Gasteiger partial charge is 0.339 e. The standard InChI is InChI=1S/C13H11FN2O5/c1-7-9(13(17)18)5-8(21-7)6-15-11-4-2-3-10(14)12(11)16(19)20/h2-5,15H,6H2,1H3,(H,17,18). The Bertz CT molecular complexity index is 711. The molecular formula is C13H11FN2O5. The summed E-state index contributed by atoms with van der Waals surface area (Å²) in [6.07, 6.45) is 0. The molecule has 8 heteroatoms. The predicted molar refractivity (Wildman–Crippen MR) is 70.8 cm³/mol. The van der Waals surface area contributed by atoms with Crippen molar-refractivity contribution < 1.29 is 23.6 Å². The lowest BCUT2D eigenvalue weighted by Crippen LogP contribution is -2.03. The molecule has 0 radical (unpaired) electrons. The van der Waals surface area contributed by atoms with Gasteiger partial charge in [0.2, 0.25) is 5.82 Å². The third-order valence-corrected chi connectivity index (χ3v) is 2.82. The molecule has 0 amide bonds. The predicted octanol–water partition coefficient (Wildman–Crippen LogP) is 2.95. The number of anilines is 1. The minimum absolute atomic E-state index is 0.00157. The highest BCUT2D eigenvalue weighted by Gasteiger charge is 2.20. The molecule has 0 aliphatic rings. The molecule has 0 spiro atoms. The molecule has 1 aromatic carbocycles. The van der Waals surface area contributed by atoms with Gasteiger partial charge in [0.15, 0.2) is 0 Å². The van der Waals surface area contributed by atoms with E-state index in [1.54, 1.807) is 0 Å². The van der Waals surface area contributed by atoms with E-state index in [0.29, 0.717) is 0 Å². The van der Waals surface area contributed by atoms with Crippen molar-refractivity contribution in [2.24, 2.45) is 0 Å². The minimum Gasteiger partial charge on any atom is -0.478 e. The van der Waals surface area contributed by atoms with Gasteiger partial charge in [0.05, 0.1) is 11.5 Å². The van der Waals surface area contributed by atoms with Crippen molar-refractivity contribution in [2.75, 3.05) is 5.32 Å². The third kappa shape index (κ3) is 2.99. The van der Waals surface area contributed by atoms with Crippen molar-refractivity contribution in [3.8, 4) is 0 Å². The average Bonchev–Trinajstić information content (AvgIpc) is 2.77. The maximum Gasteiger partial charge on any atom is 0.339 e. The first-order chi connectivity index (χ1) is 9.90. The molecule has 21 heavy (non-hydrogen) atoms. The summed E-state index contributed by atoms with van der Waals surface area (Å²) in [5, 5.41) is 22.4. The number of carbonyl (C=O) groups is 1. The largest absolute Gasteiger partial charge is 0.478 e. The molecule has 0 aliphatic carbocycles. The Morgan fingerprint density at radius 1 is 1.52 bits per heavy atom. The molecule has 0 saturated heterocycles. The van der Waals surface area contributed by atoms with Crippen molar-refractivity contribution in [3.05, 3.63) is 57.3 Å². The minimum atomic E-state index is -1.13. The maximum atomic E-state index is 13.4. The van der Waals surface area contributed by atoms with Crippen LogP contribution in [0, 0.1) is 22.9 Å². The highest BCUT2D eigenvalue weighted by Crippen LogP contribution is 2.28. The first-order valence-corrected chi connectivity index (χ1v) is 5.89. The number of rotatable bonds is 5. The van der Waals surface area contributed by atoms with Crippen molar-refractivity contribution in [3.63, 3.8) is 0 Å². The van der Waals surface area contributed by atoms with Crippen LogP contribution in [-0.2, 0) is 6.54 Å². The number of aromatic carboxylic acids is 1. The molecule has 0 unspecified atom stereocenters. The first-order valence-electron chi connectivity index (χ1n) is 5.89. The van der Waals surface area contributed by atoms with E-state index in [0.717, 1.165) is 6.07 Å². The van der Waals surface area contributed by atoms with Crippen LogP contribution in [0.5, 0.6) is 0 Å². The molecule has 1 heterocycles. The summed E-state index contributed by atoms with van der Waals surface area (Å²) in [7, 11) is 0. The van der Waals surface area contributed by atoms with E-state index in [1.165, 1.54) is 25.1 Å². The third-order valence-electron chi connectivity index (χ3n) is 2.82. The fourth-order valence-corrected chi connectivity index (χ4v) is 1.87. The molecule has 0 bridgehead atoms. The Morgan fingerprint density at radius 3 is 2.81 bits per heavy atom. The number of carboxylic acid groups (broad SMARTS) is 1. The van der Waals surface area contributed by atoms with Crippen LogP contribution < -0.4 is 5.32 Å². The lowest BCUT2D eigenvalue weighted by Gasteiger charge is -2.05. The first kappa shape index (κ1) is 14.5. The van der Waals surface area contributed by atoms with Gasteiger partial charge in [0.25, 0.3) is 0 Å². The number of hydrogen-bond donors (Lipinski definition) is 2. The number of nitrogens with one attached hydrogen (secondary N) is 1. The molecule has 0 atom stereocenters. The van der Waals surface area contributed by atoms with E-state index < -0.39 is 22.4 Å². The van der Waals surface area contributed by atoms with Crippen LogP contribution in [0.25, 0.3) is 0 Å². The van der Waals surface area contributed by atoms with E-state index in [4.69, 9.17) is 9.52 Å². The fraction of sp³-hybridized carbons (Fsp3) is 0.154. The number of nitrogens with zero attached hydrogens (tertiary/aromatic N) is 1. The normalized spacial score (nSPS) is 10.4. The van der Waals surface area contributed by atoms with E-state index in [9.17, 15) is 19.3 Å². The van der Waals surface area contributed by atoms with Crippen LogP contribution in [0.4, 0.5) is 15.8 Å². The van der Waals surface area contributed by atoms with Gasteiger partial charge in [-0.1, -0.05) is 6.07 Å². The van der Waals surface area contributed by atoms with Crippen molar-refractivity contribution in [1.82, 2.24) is 0 Å². The molecule has 7 nitrogen and oxygen atoms in total. The van der Waals surface area contributed by atoms with Crippen LogP contribution in [0.3, 0.4) is 0 Å². The zero-order valence-corrected chi connectivity index (χ0v) is 10.9. The molecule has 0 aliphatic heterocycles. The SMILES string of the molecule is Cc1oc(CNc2cccc(F)c2[N+](=O)[O-])cc1C(=O)O. The van der Waals surface area contributed by atoms with Crippen LogP contribution in [0.1, 0.15) is 21.9 Å². The van der Waals surface area contributed by atoms with E-state index in [2.05, 4.69) is 5.32 Å². The van der Waals surface area contributed by atoms with Crippen LogP contribution in [-0.4, -0.2) is 16.0 Å². The zero-order chi connectivity index (χ0) is 15.6. The van der Waals surface area contributed by atoms with Gasteiger partial charge < -0.3 is 14.8 Å². The van der Waals surface area contributed by atoms with Crippen LogP contribution in [0.2, 0.25) is 0 Å². The van der Waals surface area contributed by atoms with Crippen molar-refractivity contribution >= 4 is 17.3 Å². The quantitative estimate of drug-likeness (QED) is 0.648. The van der Waals surface area contributed by atoms with E-state index in [1.807, 2.05) is 0 Å². The maximum absolute atomic E-state index is 13.4. The fourth-order valence-electron chi connectivity index (χ4n) is 1.87. The highest BCUT2D eigenvalue weighted by molar-refractivity contribution is 5.88. The Labute approximate surface area is 118 Å².